The summed E-state index contributed by atoms with van der Waals surface area (Å²) in [7, 11) is 0. The van der Waals surface area contributed by atoms with Crippen LogP contribution in [0.25, 0.3) is 0 Å². The third-order valence-electron chi connectivity index (χ3n) is 0.639. The summed E-state index contributed by atoms with van der Waals surface area (Å²) in [6, 6.07) is 0. The molecule has 6 heteroatoms. The van der Waals surface area contributed by atoms with E-state index in [2.05, 4.69) is 10.3 Å². The van der Waals surface area contributed by atoms with Crippen molar-refractivity contribution in [2.24, 2.45) is 5.73 Å². The zero-order valence-electron chi connectivity index (χ0n) is 5.60. The number of carbonyl (C=O) groups is 1. The second-order valence-corrected chi connectivity index (χ2v) is 1.47. The molecule has 0 saturated heterocycles. The van der Waals surface area contributed by atoms with Gasteiger partial charge in [-0.3, -0.25) is 15.6 Å². The summed E-state index contributed by atoms with van der Waals surface area (Å²) in [4.78, 5) is 14.6. The van der Waals surface area contributed by atoms with E-state index in [1.165, 1.54) is 0 Å². The van der Waals surface area contributed by atoms with E-state index in [0.717, 1.165) is 0 Å². The largest absolute Gasteiger partial charge is 0.369 e. The molecule has 0 spiro atoms. The van der Waals surface area contributed by atoms with Gasteiger partial charge in [0.2, 0.25) is 5.96 Å². The third kappa shape index (κ3) is 4.85. The van der Waals surface area contributed by atoms with E-state index in [9.17, 15) is 4.79 Å². The lowest BCUT2D eigenvalue weighted by Crippen LogP contribution is -2.42. The molecule has 0 aromatic rings. The number of hydrazine groups is 1. The van der Waals surface area contributed by atoms with E-state index in [4.69, 9.17) is 11.1 Å². The van der Waals surface area contributed by atoms with Crippen LogP contribution in [0.15, 0.2) is 0 Å². The Morgan fingerprint density at radius 2 is 2.40 bits per heavy atom. The monoisotopic (exact) mass is 146 g/mol. The molecule has 0 atom stereocenters. The minimum Gasteiger partial charge on any atom is -0.369 e. The van der Waals surface area contributed by atoms with Crippen molar-refractivity contribution < 1.29 is 9.63 Å². The first kappa shape index (κ1) is 8.70. The Bertz CT molecular complexity index is 135. The normalized spacial score (nSPS) is 8.50. The van der Waals surface area contributed by atoms with Crippen molar-refractivity contribution >= 4 is 11.9 Å². The maximum Gasteiger partial charge on any atom is 0.326 e. The van der Waals surface area contributed by atoms with Crippen LogP contribution in [0.5, 0.6) is 0 Å². The van der Waals surface area contributed by atoms with E-state index in [0.29, 0.717) is 0 Å². The van der Waals surface area contributed by atoms with Crippen molar-refractivity contribution in [3.8, 4) is 0 Å². The van der Waals surface area contributed by atoms with Crippen LogP contribution >= 0.6 is 0 Å². The molecular formula is C4H10N4O2. The van der Waals surface area contributed by atoms with Crippen molar-refractivity contribution in [2.45, 2.75) is 13.3 Å². The van der Waals surface area contributed by atoms with Crippen molar-refractivity contribution in [1.82, 2.24) is 11.0 Å². The van der Waals surface area contributed by atoms with Crippen LogP contribution in [-0.4, -0.2) is 11.9 Å². The minimum atomic E-state index is -0.422. The zero-order chi connectivity index (χ0) is 7.98. The van der Waals surface area contributed by atoms with Gasteiger partial charge in [0.05, 0.1) is 0 Å². The smallest absolute Gasteiger partial charge is 0.326 e. The molecule has 0 amide bonds. The lowest BCUT2D eigenvalue weighted by Gasteiger charge is -2.03. The molecule has 0 aromatic heterocycles. The SMILES string of the molecule is CCC(=O)ONNC(=N)N. The Morgan fingerprint density at radius 1 is 1.80 bits per heavy atom. The Hall–Kier alpha value is -1.30. The van der Waals surface area contributed by atoms with E-state index in [1.54, 1.807) is 6.92 Å². The first-order valence-electron chi connectivity index (χ1n) is 2.71. The molecule has 0 aliphatic carbocycles. The standard InChI is InChI=1S/C4H10N4O2/c1-2-3(9)10-8-7-4(5)6/h8H,2H2,1H3,(H4,5,6,7). The summed E-state index contributed by atoms with van der Waals surface area (Å²) in [6.45, 7) is 1.65. The van der Waals surface area contributed by atoms with Gasteiger partial charge in [0.15, 0.2) is 0 Å². The summed E-state index contributed by atoms with van der Waals surface area (Å²) >= 11 is 0. The third-order valence-corrected chi connectivity index (χ3v) is 0.639. The van der Waals surface area contributed by atoms with Crippen LogP contribution in [0, 0.1) is 5.41 Å². The summed E-state index contributed by atoms with van der Waals surface area (Å²) < 4.78 is 0. The number of guanidine groups is 1. The highest BCUT2D eigenvalue weighted by molar-refractivity contribution is 5.74. The molecular weight excluding hydrogens is 136 g/mol. The van der Waals surface area contributed by atoms with Gasteiger partial charge in [-0.25, -0.2) is 0 Å². The predicted octanol–water partition coefficient (Wildman–Crippen LogP) is -1.16. The van der Waals surface area contributed by atoms with Crippen LogP contribution < -0.4 is 16.7 Å². The molecule has 0 rings (SSSR count). The molecule has 0 saturated carbocycles. The number of hydrogen-bond acceptors (Lipinski definition) is 4. The van der Waals surface area contributed by atoms with Gasteiger partial charge in [-0.05, 0) is 0 Å². The number of nitrogens with two attached hydrogens (primary N) is 1. The van der Waals surface area contributed by atoms with Gasteiger partial charge in [-0.15, -0.1) is 0 Å². The Kier molecular flexibility index (Phi) is 3.97. The molecule has 5 N–H and O–H groups in total. The fourth-order valence-electron chi connectivity index (χ4n) is 0.210. The van der Waals surface area contributed by atoms with Crippen molar-refractivity contribution in [1.29, 1.82) is 5.41 Å². The van der Waals surface area contributed by atoms with Gasteiger partial charge in [0, 0.05) is 6.42 Å². The average molecular weight is 146 g/mol. The zero-order valence-corrected chi connectivity index (χ0v) is 5.60. The predicted molar refractivity (Wildman–Crippen MR) is 34.6 cm³/mol. The highest BCUT2D eigenvalue weighted by atomic mass is 16.7. The number of carbonyl (C=O) groups excluding carboxylic acids is 1. The summed E-state index contributed by atoms with van der Waals surface area (Å²) in [5, 5.41) is 6.61. The first-order valence-corrected chi connectivity index (χ1v) is 2.71. The first-order chi connectivity index (χ1) is 4.66. The van der Waals surface area contributed by atoms with Crippen molar-refractivity contribution in [3.05, 3.63) is 0 Å². The molecule has 0 aliphatic heterocycles. The summed E-state index contributed by atoms with van der Waals surface area (Å²) in [5.74, 6) is -0.738. The Balaban J connectivity index is 3.20. The van der Waals surface area contributed by atoms with Crippen LogP contribution in [0.2, 0.25) is 0 Å². The fraction of sp³-hybridized carbons (Fsp3) is 0.500. The van der Waals surface area contributed by atoms with E-state index in [-0.39, 0.29) is 12.4 Å². The molecule has 0 fully saturated rings. The maximum absolute atomic E-state index is 10.4. The molecule has 0 aromatic carbocycles. The molecule has 10 heavy (non-hydrogen) atoms. The number of hydrogen-bond donors (Lipinski definition) is 4. The van der Waals surface area contributed by atoms with Crippen molar-refractivity contribution in [2.75, 3.05) is 0 Å². The van der Waals surface area contributed by atoms with Gasteiger partial charge in [0.1, 0.15) is 0 Å². The van der Waals surface area contributed by atoms with E-state index in [1.807, 2.05) is 5.59 Å². The van der Waals surface area contributed by atoms with Crippen LogP contribution in [0.1, 0.15) is 13.3 Å². The molecule has 58 valence electrons. The minimum absolute atomic E-state index is 0.270. The van der Waals surface area contributed by atoms with E-state index < -0.39 is 5.97 Å². The van der Waals surface area contributed by atoms with Gasteiger partial charge < -0.3 is 10.6 Å². The topological polar surface area (TPSA) is 100 Å². The van der Waals surface area contributed by atoms with Gasteiger partial charge >= 0.3 is 5.97 Å². The van der Waals surface area contributed by atoms with Crippen LogP contribution in [-0.2, 0) is 9.63 Å². The highest BCUT2D eigenvalue weighted by Gasteiger charge is 1.95. The highest BCUT2D eigenvalue weighted by Crippen LogP contribution is 1.76. The van der Waals surface area contributed by atoms with Gasteiger partial charge in [-0.2, -0.15) is 0 Å². The lowest BCUT2D eigenvalue weighted by molar-refractivity contribution is -0.152. The van der Waals surface area contributed by atoms with Crippen molar-refractivity contribution in [3.63, 3.8) is 0 Å². The van der Waals surface area contributed by atoms with Crippen LogP contribution in [0.3, 0.4) is 0 Å². The summed E-state index contributed by atoms with van der Waals surface area (Å²) in [5.41, 5.74) is 8.90. The Labute approximate surface area is 58.2 Å². The average Bonchev–Trinajstić information content (AvgIpc) is 1.87. The van der Waals surface area contributed by atoms with Gasteiger partial charge in [-0.1, -0.05) is 12.5 Å². The second kappa shape index (κ2) is 4.57. The lowest BCUT2D eigenvalue weighted by atomic mass is 10.5. The van der Waals surface area contributed by atoms with Crippen LogP contribution in [0.4, 0.5) is 0 Å². The maximum atomic E-state index is 10.4. The molecule has 0 radical (unpaired) electrons. The number of nitrogens with one attached hydrogen (secondary N) is 3. The molecule has 6 nitrogen and oxygen atoms in total. The number of rotatable bonds is 3. The Morgan fingerprint density at radius 3 is 2.80 bits per heavy atom. The molecule has 0 aliphatic rings. The van der Waals surface area contributed by atoms with E-state index >= 15 is 0 Å². The fourth-order valence-corrected chi connectivity index (χ4v) is 0.210. The molecule has 0 heterocycles. The van der Waals surface area contributed by atoms with Gasteiger partial charge in [0.25, 0.3) is 0 Å². The summed E-state index contributed by atoms with van der Waals surface area (Å²) in [6.07, 6.45) is 0.270. The molecule has 0 bridgehead atoms. The molecule has 0 unspecified atom stereocenters. The second-order valence-electron chi connectivity index (χ2n) is 1.47. The quantitative estimate of drug-likeness (QED) is 0.229.